The third kappa shape index (κ3) is 3.78. The van der Waals surface area contributed by atoms with Crippen molar-refractivity contribution in [1.29, 1.82) is 0 Å². The lowest BCUT2D eigenvalue weighted by Gasteiger charge is -2.31. The van der Waals surface area contributed by atoms with E-state index in [9.17, 15) is 4.79 Å². The number of rotatable bonds is 1. The molecule has 1 aliphatic rings. The Hall–Kier alpha value is -0.570. The fraction of sp³-hybridized carbons (Fsp3) is 0.923. The van der Waals surface area contributed by atoms with E-state index in [1.54, 1.807) is 0 Å². The molecule has 3 nitrogen and oxygen atoms in total. The zero-order chi connectivity index (χ0) is 12.6. The van der Waals surface area contributed by atoms with Gasteiger partial charge in [0.1, 0.15) is 0 Å². The number of carbonyl (C=O) groups is 1. The maximum absolute atomic E-state index is 12.0. The van der Waals surface area contributed by atoms with E-state index >= 15 is 0 Å². The maximum Gasteiger partial charge on any atom is 0.224 e. The van der Waals surface area contributed by atoms with Gasteiger partial charge in [-0.25, -0.2) is 0 Å². The second-order valence-corrected chi connectivity index (χ2v) is 6.84. The smallest absolute Gasteiger partial charge is 0.224 e. The molecule has 0 aromatic carbocycles. The van der Waals surface area contributed by atoms with Crippen LogP contribution in [0.25, 0.3) is 0 Å². The molecule has 0 saturated carbocycles. The van der Waals surface area contributed by atoms with Crippen LogP contribution in [-0.4, -0.2) is 35.0 Å². The molecule has 1 fully saturated rings. The molecule has 0 bridgehead atoms. The third-order valence-corrected chi connectivity index (χ3v) is 3.01. The van der Waals surface area contributed by atoms with Gasteiger partial charge in [-0.15, -0.1) is 0 Å². The predicted molar refractivity (Wildman–Crippen MR) is 67.3 cm³/mol. The Morgan fingerprint density at radius 3 is 2.12 bits per heavy atom. The molecule has 3 heteroatoms. The first-order valence-electron chi connectivity index (χ1n) is 6.17. The highest BCUT2D eigenvalue weighted by molar-refractivity contribution is 5.79. The van der Waals surface area contributed by atoms with Crippen molar-refractivity contribution in [2.24, 2.45) is 5.92 Å². The van der Waals surface area contributed by atoms with Gasteiger partial charge in [-0.1, -0.05) is 0 Å². The van der Waals surface area contributed by atoms with Crippen molar-refractivity contribution in [3.63, 3.8) is 0 Å². The number of hydrogen-bond donors (Lipinski definition) is 1. The van der Waals surface area contributed by atoms with E-state index < -0.39 is 0 Å². The molecule has 1 N–H and O–H groups in total. The normalized spacial score (nSPS) is 23.5. The van der Waals surface area contributed by atoms with Gasteiger partial charge in [0.05, 0.1) is 5.92 Å². The van der Waals surface area contributed by atoms with E-state index in [1.807, 2.05) is 20.8 Å². The van der Waals surface area contributed by atoms with Crippen LogP contribution in [0.4, 0.5) is 0 Å². The molecular formula is C13H26N2O. The highest BCUT2D eigenvalue weighted by atomic mass is 16.2. The van der Waals surface area contributed by atoms with Crippen LogP contribution in [-0.2, 0) is 4.79 Å². The van der Waals surface area contributed by atoms with Gasteiger partial charge in [0.2, 0.25) is 5.91 Å². The van der Waals surface area contributed by atoms with Gasteiger partial charge in [0.25, 0.3) is 0 Å². The lowest BCUT2D eigenvalue weighted by atomic mass is 10.0. The van der Waals surface area contributed by atoms with E-state index in [2.05, 4.69) is 31.0 Å². The molecule has 1 saturated heterocycles. The number of carbonyl (C=O) groups excluding carboxylic acids is 1. The molecule has 1 rings (SSSR count). The minimum absolute atomic E-state index is 0.119. The van der Waals surface area contributed by atoms with Gasteiger partial charge in [0, 0.05) is 17.6 Å². The van der Waals surface area contributed by atoms with Gasteiger partial charge in [-0.2, -0.15) is 0 Å². The van der Waals surface area contributed by atoms with Crippen LogP contribution < -0.4 is 5.32 Å². The summed E-state index contributed by atoms with van der Waals surface area (Å²) in [6.07, 6.45) is 0.985. The Morgan fingerprint density at radius 2 is 1.75 bits per heavy atom. The molecule has 1 heterocycles. The van der Waals surface area contributed by atoms with Gasteiger partial charge in [0.15, 0.2) is 0 Å². The van der Waals surface area contributed by atoms with E-state index in [0.29, 0.717) is 0 Å². The molecule has 1 aliphatic heterocycles. The summed E-state index contributed by atoms with van der Waals surface area (Å²) >= 11 is 0. The van der Waals surface area contributed by atoms with Gasteiger partial charge in [-0.05, 0) is 54.5 Å². The second-order valence-electron chi connectivity index (χ2n) is 6.84. The van der Waals surface area contributed by atoms with E-state index in [-0.39, 0.29) is 22.9 Å². The Labute approximate surface area is 99.6 Å². The lowest BCUT2D eigenvalue weighted by molar-refractivity contribution is -0.126. The van der Waals surface area contributed by atoms with E-state index in [4.69, 9.17) is 0 Å². The molecule has 0 spiro atoms. The van der Waals surface area contributed by atoms with Gasteiger partial charge < -0.3 is 5.32 Å². The quantitative estimate of drug-likeness (QED) is 0.742. The van der Waals surface area contributed by atoms with Crippen molar-refractivity contribution in [2.45, 2.75) is 59.0 Å². The minimum Gasteiger partial charge on any atom is -0.351 e. The van der Waals surface area contributed by atoms with Gasteiger partial charge >= 0.3 is 0 Å². The van der Waals surface area contributed by atoms with Crippen LogP contribution >= 0.6 is 0 Å². The molecule has 0 unspecified atom stereocenters. The Bertz CT molecular complexity index is 260. The van der Waals surface area contributed by atoms with Crippen LogP contribution in [0.1, 0.15) is 48.0 Å². The average Bonchev–Trinajstić information content (AvgIpc) is 2.46. The van der Waals surface area contributed by atoms with E-state index in [0.717, 1.165) is 19.5 Å². The van der Waals surface area contributed by atoms with Crippen molar-refractivity contribution < 1.29 is 4.79 Å². The monoisotopic (exact) mass is 226 g/mol. The Kier molecular flexibility index (Phi) is 3.68. The molecule has 0 radical (unpaired) electrons. The third-order valence-electron chi connectivity index (χ3n) is 3.01. The number of nitrogens with one attached hydrogen (secondary N) is 1. The van der Waals surface area contributed by atoms with Crippen molar-refractivity contribution in [3.8, 4) is 0 Å². The first-order chi connectivity index (χ1) is 7.09. The highest BCUT2D eigenvalue weighted by Crippen LogP contribution is 2.24. The number of nitrogens with zero attached hydrogens (tertiary/aromatic N) is 1. The summed E-state index contributed by atoms with van der Waals surface area (Å²) in [6, 6.07) is 0. The first kappa shape index (κ1) is 13.5. The SMILES string of the molecule is CC(C)(C)NC(=O)[C@@H]1CCN(C(C)(C)C)C1. The standard InChI is InChI=1S/C13H26N2O/c1-12(2,3)14-11(16)10-7-8-15(9-10)13(4,5)6/h10H,7-9H2,1-6H3,(H,14,16)/t10-/m1/s1. The summed E-state index contributed by atoms with van der Waals surface area (Å²) in [4.78, 5) is 14.4. The number of amides is 1. The summed E-state index contributed by atoms with van der Waals surface area (Å²) < 4.78 is 0. The van der Waals surface area contributed by atoms with Crippen molar-refractivity contribution >= 4 is 5.91 Å². The summed E-state index contributed by atoms with van der Waals surface area (Å²) in [5, 5.41) is 3.07. The molecule has 1 amide bonds. The van der Waals surface area contributed by atoms with Gasteiger partial charge in [-0.3, -0.25) is 9.69 Å². The zero-order valence-corrected chi connectivity index (χ0v) is 11.6. The van der Waals surface area contributed by atoms with Crippen molar-refractivity contribution in [2.75, 3.05) is 13.1 Å². The minimum atomic E-state index is -0.119. The Balaban J connectivity index is 2.51. The predicted octanol–water partition coefficient (Wildman–Crippen LogP) is 2.02. The van der Waals surface area contributed by atoms with Crippen molar-refractivity contribution in [1.82, 2.24) is 10.2 Å². The fourth-order valence-corrected chi connectivity index (χ4v) is 2.06. The fourth-order valence-electron chi connectivity index (χ4n) is 2.06. The molecular weight excluding hydrogens is 200 g/mol. The highest BCUT2D eigenvalue weighted by Gasteiger charge is 2.34. The summed E-state index contributed by atoms with van der Waals surface area (Å²) in [5.41, 5.74) is 0.0585. The van der Waals surface area contributed by atoms with Crippen LogP contribution in [0.2, 0.25) is 0 Å². The van der Waals surface area contributed by atoms with Crippen LogP contribution in [0.5, 0.6) is 0 Å². The topological polar surface area (TPSA) is 32.3 Å². The maximum atomic E-state index is 12.0. The molecule has 0 aromatic heterocycles. The average molecular weight is 226 g/mol. The van der Waals surface area contributed by atoms with Crippen LogP contribution in [0.15, 0.2) is 0 Å². The molecule has 1 atom stereocenters. The molecule has 94 valence electrons. The van der Waals surface area contributed by atoms with Crippen molar-refractivity contribution in [3.05, 3.63) is 0 Å². The number of hydrogen-bond acceptors (Lipinski definition) is 2. The first-order valence-corrected chi connectivity index (χ1v) is 6.17. The summed E-state index contributed by atoms with van der Waals surface area (Å²) in [6.45, 7) is 14.6. The second kappa shape index (κ2) is 4.36. The lowest BCUT2D eigenvalue weighted by Crippen LogP contribution is -2.45. The largest absolute Gasteiger partial charge is 0.351 e. The van der Waals surface area contributed by atoms with E-state index in [1.165, 1.54) is 0 Å². The van der Waals surface area contributed by atoms with Crippen LogP contribution in [0, 0.1) is 5.92 Å². The summed E-state index contributed by atoms with van der Waals surface area (Å²) in [7, 11) is 0. The molecule has 0 aromatic rings. The number of likely N-dealkylation sites (tertiary alicyclic amines) is 1. The molecule has 16 heavy (non-hydrogen) atoms. The summed E-state index contributed by atoms with van der Waals surface area (Å²) in [5.74, 6) is 0.373. The van der Waals surface area contributed by atoms with Crippen LogP contribution in [0.3, 0.4) is 0 Å². The molecule has 0 aliphatic carbocycles. The zero-order valence-electron chi connectivity index (χ0n) is 11.6. The Morgan fingerprint density at radius 1 is 1.19 bits per heavy atom.